The van der Waals surface area contributed by atoms with Crippen molar-refractivity contribution in [3.63, 3.8) is 0 Å². The van der Waals surface area contributed by atoms with Gasteiger partial charge in [0, 0.05) is 12.6 Å². The fraction of sp³-hybridized carbons (Fsp3) is 0.381. The Kier molecular flexibility index (Phi) is 5.09. The molecule has 0 aliphatic carbocycles. The number of aromatic nitrogens is 1. The van der Waals surface area contributed by atoms with E-state index in [2.05, 4.69) is 40.6 Å². The normalized spacial score (nSPS) is 17.7. The summed E-state index contributed by atoms with van der Waals surface area (Å²) in [6, 6.07) is 13.1. The van der Waals surface area contributed by atoms with Gasteiger partial charge in [0.2, 0.25) is 5.89 Å². The molecule has 0 bridgehead atoms. The summed E-state index contributed by atoms with van der Waals surface area (Å²) in [6.07, 6.45) is 2.40. The summed E-state index contributed by atoms with van der Waals surface area (Å²) in [4.78, 5) is 8.36. The highest BCUT2D eigenvalue weighted by molar-refractivity contribution is 7.13. The van der Waals surface area contributed by atoms with Crippen molar-refractivity contribution in [3.8, 4) is 16.5 Å². The number of thiophene rings is 1. The van der Waals surface area contributed by atoms with Gasteiger partial charge >= 0.3 is 0 Å². The molecule has 0 spiro atoms. The van der Waals surface area contributed by atoms with Gasteiger partial charge in [-0.1, -0.05) is 18.2 Å². The van der Waals surface area contributed by atoms with Crippen molar-refractivity contribution in [2.24, 2.45) is 0 Å². The molecule has 1 atom stereocenters. The van der Waals surface area contributed by atoms with E-state index < -0.39 is 0 Å². The number of nitrogens with zero attached hydrogens (tertiary/aromatic N) is 2. The highest BCUT2D eigenvalue weighted by Gasteiger charge is 2.27. The average molecular weight is 369 g/mol. The van der Waals surface area contributed by atoms with Crippen LogP contribution >= 0.6 is 11.3 Å². The Hall–Kier alpha value is -2.11. The van der Waals surface area contributed by atoms with Crippen molar-refractivity contribution >= 4 is 11.3 Å². The van der Waals surface area contributed by atoms with Crippen LogP contribution in [-0.4, -0.2) is 23.0 Å². The maximum atomic E-state index is 5.91. The average Bonchev–Trinajstić information content (AvgIpc) is 3.38. The van der Waals surface area contributed by atoms with Gasteiger partial charge in [0.05, 0.1) is 17.2 Å². The lowest BCUT2D eigenvalue weighted by Gasteiger charge is -2.24. The summed E-state index contributed by atoms with van der Waals surface area (Å²) in [5.74, 6) is 2.60. The standard InChI is InChI=1S/C21H24N2O2S/c1-3-24-17-10-8-16(9-11-17)19-6-4-12-23(19)14-18-15(2)25-21(22-18)20-7-5-13-26-20/h5,7-11,13,19H,3-4,6,12,14H2,1-2H3/t19-/m0/s1. The molecule has 0 N–H and O–H groups in total. The van der Waals surface area contributed by atoms with Gasteiger partial charge in [0.15, 0.2) is 0 Å². The van der Waals surface area contributed by atoms with Crippen molar-refractivity contribution in [2.75, 3.05) is 13.2 Å². The van der Waals surface area contributed by atoms with Gasteiger partial charge in [-0.05, 0) is 62.4 Å². The lowest BCUT2D eigenvalue weighted by atomic mass is 10.0. The third kappa shape index (κ3) is 3.55. The van der Waals surface area contributed by atoms with Gasteiger partial charge in [-0.15, -0.1) is 11.3 Å². The SMILES string of the molecule is CCOc1ccc([C@@H]2CCCN2Cc2nc(-c3cccs3)oc2C)cc1. The molecule has 4 nitrogen and oxygen atoms in total. The highest BCUT2D eigenvalue weighted by atomic mass is 32.1. The molecule has 1 aliphatic rings. The molecule has 3 heterocycles. The van der Waals surface area contributed by atoms with Crippen LogP contribution < -0.4 is 4.74 Å². The first-order valence-electron chi connectivity index (χ1n) is 9.21. The minimum absolute atomic E-state index is 0.437. The molecule has 1 saturated heterocycles. The van der Waals surface area contributed by atoms with Crippen LogP contribution in [0.3, 0.4) is 0 Å². The third-order valence-electron chi connectivity index (χ3n) is 4.92. The van der Waals surface area contributed by atoms with Gasteiger partial charge in [-0.25, -0.2) is 4.98 Å². The summed E-state index contributed by atoms with van der Waals surface area (Å²) >= 11 is 1.66. The van der Waals surface area contributed by atoms with Crippen LogP contribution in [0.2, 0.25) is 0 Å². The van der Waals surface area contributed by atoms with Crippen LogP contribution in [0.15, 0.2) is 46.2 Å². The van der Waals surface area contributed by atoms with E-state index in [1.54, 1.807) is 11.3 Å². The van der Waals surface area contributed by atoms with Gasteiger partial charge in [0.25, 0.3) is 0 Å². The predicted molar refractivity (Wildman–Crippen MR) is 105 cm³/mol. The van der Waals surface area contributed by atoms with E-state index in [-0.39, 0.29) is 0 Å². The smallest absolute Gasteiger partial charge is 0.236 e. The van der Waals surface area contributed by atoms with Gasteiger partial charge < -0.3 is 9.15 Å². The van der Waals surface area contributed by atoms with E-state index in [1.807, 2.05) is 19.9 Å². The predicted octanol–water partition coefficient (Wildman–Crippen LogP) is 5.45. The molecule has 0 amide bonds. The zero-order valence-electron chi connectivity index (χ0n) is 15.3. The van der Waals surface area contributed by atoms with Crippen molar-refractivity contribution in [1.29, 1.82) is 0 Å². The Morgan fingerprint density at radius 2 is 2.12 bits per heavy atom. The van der Waals surface area contributed by atoms with Crippen LogP contribution in [0.25, 0.3) is 10.8 Å². The number of hydrogen-bond acceptors (Lipinski definition) is 5. The molecule has 26 heavy (non-hydrogen) atoms. The van der Waals surface area contributed by atoms with E-state index in [0.717, 1.165) is 41.1 Å². The van der Waals surface area contributed by atoms with Crippen molar-refractivity contribution in [1.82, 2.24) is 9.88 Å². The van der Waals surface area contributed by atoms with Crippen molar-refractivity contribution < 1.29 is 9.15 Å². The number of ether oxygens (including phenoxy) is 1. The first-order chi connectivity index (χ1) is 12.7. The highest BCUT2D eigenvalue weighted by Crippen LogP contribution is 2.35. The number of hydrogen-bond donors (Lipinski definition) is 0. The maximum Gasteiger partial charge on any atom is 0.236 e. The molecule has 0 unspecified atom stereocenters. The Bertz CT molecular complexity index is 840. The molecule has 1 fully saturated rings. The molecule has 0 radical (unpaired) electrons. The summed E-state index contributed by atoms with van der Waals surface area (Å²) in [6.45, 7) is 6.66. The van der Waals surface area contributed by atoms with E-state index in [1.165, 1.54) is 18.4 Å². The van der Waals surface area contributed by atoms with Crippen molar-refractivity contribution in [2.45, 2.75) is 39.3 Å². The minimum Gasteiger partial charge on any atom is -0.494 e. The Labute approximate surface area is 158 Å². The van der Waals surface area contributed by atoms with E-state index in [0.29, 0.717) is 12.6 Å². The molecular weight excluding hydrogens is 344 g/mol. The van der Waals surface area contributed by atoms with Crippen LogP contribution in [0.1, 0.15) is 42.8 Å². The zero-order valence-corrected chi connectivity index (χ0v) is 16.1. The second-order valence-corrected chi connectivity index (χ2v) is 7.58. The molecule has 136 valence electrons. The molecule has 0 saturated carbocycles. The molecule has 2 aromatic heterocycles. The quantitative estimate of drug-likeness (QED) is 0.580. The van der Waals surface area contributed by atoms with Crippen LogP contribution in [-0.2, 0) is 6.54 Å². The number of benzene rings is 1. The molecule has 1 aliphatic heterocycles. The fourth-order valence-electron chi connectivity index (χ4n) is 3.62. The van der Waals surface area contributed by atoms with Crippen molar-refractivity contribution in [3.05, 3.63) is 58.8 Å². The number of aryl methyl sites for hydroxylation is 1. The number of oxazole rings is 1. The molecule has 4 rings (SSSR count). The summed E-state index contributed by atoms with van der Waals surface area (Å²) < 4.78 is 11.5. The summed E-state index contributed by atoms with van der Waals surface area (Å²) in [7, 11) is 0. The lowest BCUT2D eigenvalue weighted by Crippen LogP contribution is -2.23. The largest absolute Gasteiger partial charge is 0.494 e. The van der Waals surface area contributed by atoms with Gasteiger partial charge in [0.1, 0.15) is 11.5 Å². The monoisotopic (exact) mass is 368 g/mol. The first kappa shape index (κ1) is 17.3. The third-order valence-corrected chi connectivity index (χ3v) is 5.77. The van der Waals surface area contributed by atoms with Gasteiger partial charge in [-0.2, -0.15) is 0 Å². The number of likely N-dealkylation sites (tertiary alicyclic amines) is 1. The molecular formula is C21H24N2O2S. The van der Waals surface area contributed by atoms with Gasteiger partial charge in [-0.3, -0.25) is 4.90 Å². The van der Waals surface area contributed by atoms with E-state index >= 15 is 0 Å². The summed E-state index contributed by atoms with van der Waals surface area (Å²) in [5.41, 5.74) is 2.40. The zero-order chi connectivity index (χ0) is 17.9. The Balaban J connectivity index is 1.50. The fourth-order valence-corrected chi connectivity index (χ4v) is 4.27. The Morgan fingerprint density at radius 3 is 2.85 bits per heavy atom. The van der Waals surface area contributed by atoms with Crippen LogP contribution in [0, 0.1) is 6.92 Å². The Morgan fingerprint density at radius 1 is 1.27 bits per heavy atom. The maximum absolute atomic E-state index is 5.91. The van der Waals surface area contributed by atoms with E-state index in [9.17, 15) is 0 Å². The minimum atomic E-state index is 0.437. The van der Waals surface area contributed by atoms with Crippen LogP contribution in [0.4, 0.5) is 0 Å². The second-order valence-electron chi connectivity index (χ2n) is 6.63. The molecule has 5 heteroatoms. The molecule has 3 aromatic rings. The topological polar surface area (TPSA) is 38.5 Å². The number of rotatable bonds is 6. The summed E-state index contributed by atoms with van der Waals surface area (Å²) in [5, 5.41) is 2.05. The van der Waals surface area contributed by atoms with E-state index in [4.69, 9.17) is 14.1 Å². The first-order valence-corrected chi connectivity index (χ1v) is 10.1. The van der Waals surface area contributed by atoms with Crippen LogP contribution in [0.5, 0.6) is 5.75 Å². The lowest BCUT2D eigenvalue weighted by molar-refractivity contribution is 0.244. The second kappa shape index (κ2) is 7.64. The molecule has 1 aromatic carbocycles.